The van der Waals surface area contributed by atoms with E-state index in [1.54, 1.807) is 0 Å². The molecule has 1 aromatic rings. The van der Waals surface area contributed by atoms with E-state index in [0.717, 1.165) is 4.31 Å². The van der Waals surface area contributed by atoms with E-state index in [1.807, 2.05) is 13.8 Å². The summed E-state index contributed by atoms with van der Waals surface area (Å²) in [5, 5.41) is 0. The van der Waals surface area contributed by atoms with Gasteiger partial charge in [-0.3, -0.25) is 0 Å². The molecule has 0 bridgehead atoms. The van der Waals surface area contributed by atoms with E-state index in [4.69, 9.17) is 5.73 Å². The standard InChI is InChI=1S/C14H25N3O4S2/c1-5-14(15,6-2)11-16-22(18,19)12-9-7-8-10-13(12)23(20,21)17(3)4/h7-10,16H,5-6,11,15H2,1-4H3. The summed E-state index contributed by atoms with van der Waals surface area (Å²) in [6.07, 6.45) is 1.20. The summed E-state index contributed by atoms with van der Waals surface area (Å²) >= 11 is 0. The molecule has 3 N–H and O–H groups in total. The van der Waals surface area contributed by atoms with Crippen LogP contribution in [0, 0.1) is 0 Å². The number of rotatable bonds is 8. The second-order valence-corrected chi connectivity index (χ2v) is 9.48. The Morgan fingerprint density at radius 1 is 1.04 bits per heavy atom. The molecule has 0 aliphatic heterocycles. The van der Waals surface area contributed by atoms with Gasteiger partial charge in [0.2, 0.25) is 20.0 Å². The Hall–Kier alpha value is -1.00. The van der Waals surface area contributed by atoms with Crippen LogP contribution in [0.25, 0.3) is 0 Å². The van der Waals surface area contributed by atoms with Gasteiger partial charge in [-0.2, -0.15) is 0 Å². The normalized spacial score (nSPS) is 13.5. The summed E-state index contributed by atoms with van der Waals surface area (Å²) in [6, 6.07) is 5.52. The highest BCUT2D eigenvalue weighted by Crippen LogP contribution is 2.23. The van der Waals surface area contributed by atoms with Crippen LogP contribution in [0.2, 0.25) is 0 Å². The lowest BCUT2D eigenvalue weighted by molar-refractivity contribution is 0.391. The van der Waals surface area contributed by atoms with Gasteiger partial charge < -0.3 is 5.73 Å². The van der Waals surface area contributed by atoms with Crippen LogP contribution in [0.15, 0.2) is 34.1 Å². The molecule has 0 aromatic heterocycles. The molecule has 0 heterocycles. The number of hydrogen-bond acceptors (Lipinski definition) is 5. The minimum absolute atomic E-state index is 0.0404. The van der Waals surface area contributed by atoms with Gasteiger partial charge in [-0.05, 0) is 25.0 Å². The van der Waals surface area contributed by atoms with Crippen LogP contribution in [-0.4, -0.2) is 47.3 Å². The molecule has 0 aliphatic rings. The third-order valence-electron chi connectivity index (χ3n) is 3.92. The van der Waals surface area contributed by atoms with E-state index < -0.39 is 25.6 Å². The molecule has 7 nitrogen and oxygen atoms in total. The minimum Gasteiger partial charge on any atom is -0.324 e. The average Bonchev–Trinajstić information content (AvgIpc) is 2.52. The zero-order valence-electron chi connectivity index (χ0n) is 13.9. The quantitative estimate of drug-likeness (QED) is 0.708. The first-order valence-electron chi connectivity index (χ1n) is 7.30. The first-order valence-corrected chi connectivity index (χ1v) is 10.2. The van der Waals surface area contributed by atoms with Crippen LogP contribution in [0.5, 0.6) is 0 Å². The van der Waals surface area contributed by atoms with Gasteiger partial charge in [0.05, 0.1) is 0 Å². The SMILES string of the molecule is CCC(N)(CC)CNS(=O)(=O)c1ccccc1S(=O)(=O)N(C)C. The molecule has 0 atom stereocenters. The van der Waals surface area contributed by atoms with Crippen LogP contribution in [0.1, 0.15) is 26.7 Å². The molecule has 0 radical (unpaired) electrons. The number of sulfonamides is 2. The predicted octanol–water partition coefficient (Wildman–Crippen LogP) is 0.733. The van der Waals surface area contributed by atoms with E-state index >= 15 is 0 Å². The van der Waals surface area contributed by atoms with Gasteiger partial charge in [0, 0.05) is 26.2 Å². The van der Waals surface area contributed by atoms with Crippen molar-refractivity contribution in [3.05, 3.63) is 24.3 Å². The van der Waals surface area contributed by atoms with E-state index in [0.29, 0.717) is 12.8 Å². The molecule has 0 fully saturated rings. The highest BCUT2D eigenvalue weighted by molar-refractivity contribution is 7.92. The number of hydrogen-bond donors (Lipinski definition) is 2. The molecule has 0 spiro atoms. The summed E-state index contributed by atoms with van der Waals surface area (Å²) < 4.78 is 53.2. The summed E-state index contributed by atoms with van der Waals surface area (Å²) in [5.74, 6) is 0. The van der Waals surface area contributed by atoms with Crippen molar-refractivity contribution >= 4 is 20.0 Å². The summed E-state index contributed by atoms with van der Waals surface area (Å²) in [6.45, 7) is 3.79. The molecule has 1 rings (SSSR count). The van der Waals surface area contributed by atoms with Crippen LogP contribution in [0.3, 0.4) is 0 Å². The molecule has 132 valence electrons. The van der Waals surface area contributed by atoms with E-state index in [2.05, 4.69) is 4.72 Å². The molecule has 23 heavy (non-hydrogen) atoms. The highest BCUT2D eigenvalue weighted by Gasteiger charge is 2.29. The van der Waals surface area contributed by atoms with E-state index in [9.17, 15) is 16.8 Å². The van der Waals surface area contributed by atoms with Gasteiger partial charge >= 0.3 is 0 Å². The summed E-state index contributed by atoms with van der Waals surface area (Å²) in [7, 11) is -5.16. The maximum atomic E-state index is 12.6. The minimum atomic E-state index is -4.00. The van der Waals surface area contributed by atoms with Crippen LogP contribution < -0.4 is 10.5 Å². The molecule has 0 unspecified atom stereocenters. The second-order valence-electron chi connectivity index (χ2n) is 5.63. The topological polar surface area (TPSA) is 110 Å². The maximum absolute atomic E-state index is 12.6. The largest absolute Gasteiger partial charge is 0.324 e. The molecule has 0 amide bonds. The average molecular weight is 364 g/mol. The third kappa shape index (κ3) is 4.51. The first kappa shape index (κ1) is 20.0. The smallest absolute Gasteiger partial charge is 0.243 e. The Bertz CT molecular complexity index is 739. The van der Waals surface area contributed by atoms with Crippen molar-refractivity contribution in [3.8, 4) is 0 Å². The predicted molar refractivity (Wildman–Crippen MR) is 90.0 cm³/mol. The van der Waals surface area contributed by atoms with Crippen LogP contribution in [-0.2, 0) is 20.0 Å². The fourth-order valence-electron chi connectivity index (χ4n) is 1.90. The van der Waals surface area contributed by atoms with Crippen molar-refractivity contribution in [2.45, 2.75) is 42.0 Å². The Balaban J connectivity index is 3.26. The lowest BCUT2D eigenvalue weighted by Crippen LogP contribution is -2.49. The van der Waals surface area contributed by atoms with E-state index in [-0.39, 0.29) is 16.3 Å². The third-order valence-corrected chi connectivity index (χ3v) is 7.38. The fourth-order valence-corrected chi connectivity index (χ4v) is 4.73. The lowest BCUT2D eigenvalue weighted by atomic mass is 9.95. The molecular formula is C14H25N3O4S2. The zero-order valence-corrected chi connectivity index (χ0v) is 15.5. The summed E-state index contributed by atoms with van der Waals surface area (Å²) in [4.78, 5) is -0.531. The highest BCUT2D eigenvalue weighted by atomic mass is 32.2. The van der Waals surface area contributed by atoms with Gasteiger partial charge in [-0.15, -0.1) is 0 Å². The first-order chi connectivity index (χ1) is 10.5. The Kier molecular flexibility index (Phi) is 6.33. The molecule has 0 aliphatic carbocycles. The Morgan fingerprint density at radius 2 is 1.52 bits per heavy atom. The van der Waals surface area contributed by atoms with Crippen molar-refractivity contribution in [1.29, 1.82) is 0 Å². The zero-order chi connectivity index (χ0) is 17.9. The molecule has 9 heteroatoms. The molecular weight excluding hydrogens is 338 g/mol. The molecule has 0 saturated heterocycles. The fraction of sp³-hybridized carbons (Fsp3) is 0.571. The number of benzene rings is 1. The van der Waals surface area contributed by atoms with Crippen molar-refractivity contribution in [2.24, 2.45) is 5.73 Å². The number of nitrogens with two attached hydrogens (primary N) is 1. The molecule has 1 aromatic carbocycles. The van der Waals surface area contributed by atoms with Gasteiger partial charge in [-0.25, -0.2) is 25.9 Å². The number of nitrogens with one attached hydrogen (secondary N) is 1. The maximum Gasteiger partial charge on any atom is 0.243 e. The van der Waals surface area contributed by atoms with Gasteiger partial charge in [-0.1, -0.05) is 26.0 Å². The summed E-state index contributed by atoms with van der Waals surface area (Å²) in [5.41, 5.74) is 5.44. The van der Waals surface area contributed by atoms with Crippen molar-refractivity contribution < 1.29 is 16.8 Å². The van der Waals surface area contributed by atoms with Crippen molar-refractivity contribution in [2.75, 3.05) is 20.6 Å². The number of nitrogens with zero attached hydrogens (tertiary/aromatic N) is 1. The Morgan fingerprint density at radius 3 is 1.96 bits per heavy atom. The van der Waals surface area contributed by atoms with Crippen LogP contribution in [0.4, 0.5) is 0 Å². The molecule has 0 saturated carbocycles. The van der Waals surface area contributed by atoms with Gasteiger partial charge in [0.15, 0.2) is 0 Å². The van der Waals surface area contributed by atoms with Gasteiger partial charge in [0.1, 0.15) is 9.79 Å². The lowest BCUT2D eigenvalue weighted by Gasteiger charge is -2.27. The van der Waals surface area contributed by atoms with Gasteiger partial charge in [0.25, 0.3) is 0 Å². The second kappa shape index (κ2) is 7.27. The monoisotopic (exact) mass is 363 g/mol. The van der Waals surface area contributed by atoms with Crippen LogP contribution >= 0.6 is 0 Å². The Labute approximate surface area is 139 Å². The van der Waals surface area contributed by atoms with Crippen molar-refractivity contribution in [1.82, 2.24) is 9.03 Å². The van der Waals surface area contributed by atoms with Crippen molar-refractivity contribution in [3.63, 3.8) is 0 Å². The van der Waals surface area contributed by atoms with E-state index in [1.165, 1.54) is 38.4 Å².